The number of nitrogens with zero attached hydrogens (tertiary/aromatic N) is 1. The van der Waals surface area contributed by atoms with Gasteiger partial charge in [-0.2, -0.15) is 0 Å². The molecule has 0 atom stereocenters. The zero-order valence-corrected chi connectivity index (χ0v) is 9.85. The fourth-order valence-electron chi connectivity index (χ4n) is 1.15. The van der Waals surface area contributed by atoms with Crippen LogP contribution in [0.5, 0.6) is 5.88 Å². The maximum absolute atomic E-state index is 5.76. The van der Waals surface area contributed by atoms with E-state index < -0.39 is 0 Å². The Morgan fingerprint density at radius 2 is 2.00 bits per heavy atom. The van der Waals surface area contributed by atoms with Crippen LogP contribution in [-0.2, 0) is 5.88 Å². The van der Waals surface area contributed by atoms with Crippen LogP contribution in [-0.4, -0.2) is 10.6 Å². The molecule has 2 nitrogen and oxygen atoms in total. The van der Waals surface area contributed by atoms with E-state index >= 15 is 0 Å². The smallest absolute Gasteiger partial charge is 0.214 e. The van der Waals surface area contributed by atoms with Gasteiger partial charge in [0.25, 0.3) is 0 Å². The summed E-state index contributed by atoms with van der Waals surface area (Å²) in [7, 11) is 0. The Balaban J connectivity index is 2.92. The standard InChI is InChI=1S/C11H16ClNO/c1-8-5-9(7-12)6-10(13-8)14-11(2,3)4/h5-6H,7H2,1-4H3. The lowest BCUT2D eigenvalue weighted by Gasteiger charge is -2.20. The zero-order valence-electron chi connectivity index (χ0n) is 9.10. The van der Waals surface area contributed by atoms with Crippen molar-refractivity contribution in [2.45, 2.75) is 39.2 Å². The normalized spacial score (nSPS) is 11.5. The van der Waals surface area contributed by atoms with Crippen molar-refractivity contribution in [2.75, 3.05) is 0 Å². The van der Waals surface area contributed by atoms with Crippen LogP contribution in [0.1, 0.15) is 32.0 Å². The van der Waals surface area contributed by atoms with Crippen molar-refractivity contribution in [3.8, 4) is 5.88 Å². The first kappa shape index (κ1) is 11.3. The second-order valence-electron chi connectivity index (χ2n) is 4.30. The number of halogens is 1. The van der Waals surface area contributed by atoms with Crippen LogP contribution in [0.3, 0.4) is 0 Å². The molecule has 0 saturated heterocycles. The van der Waals surface area contributed by atoms with Crippen molar-refractivity contribution in [3.05, 3.63) is 23.4 Å². The van der Waals surface area contributed by atoms with E-state index in [2.05, 4.69) is 4.98 Å². The molecule has 3 heteroatoms. The van der Waals surface area contributed by atoms with E-state index in [4.69, 9.17) is 16.3 Å². The van der Waals surface area contributed by atoms with Gasteiger partial charge in [0.2, 0.25) is 5.88 Å². The monoisotopic (exact) mass is 213 g/mol. The molecule has 0 unspecified atom stereocenters. The minimum atomic E-state index is -0.218. The summed E-state index contributed by atoms with van der Waals surface area (Å²) in [6.07, 6.45) is 0. The molecule has 1 aromatic heterocycles. The third-order valence-corrected chi connectivity index (χ3v) is 1.86. The molecule has 0 aliphatic heterocycles. The van der Waals surface area contributed by atoms with Crippen molar-refractivity contribution in [3.63, 3.8) is 0 Å². The summed E-state index contributed by atoms with van der Waals surface area (Å²) < 4.78 is 5.66. The maximum Gasteiger partial charge on any atom is 0.214 e. The number of alkyl halides is 1. The first-order chi connectivity index (χ1) is 6.40. The van der Waals surface area contributed by atoms with Crippen molar-refractivity contribution in [2.24, 2.45) is 0 Å². The highest BCUT2D eigenvalue weighted by molar-refractivity contribution is 6.17. The van der Waals surface area contributed by atoms with E-state index in [1.165, 1.54) is 0 Å². The molecule has 1 heterocycles. The molecule has 0 aliphatic rings. The Morgan fingerprint density at radius 3 is 2.50 bits per heavy atom. The third-order valence-electron chi connectivity index (χ3n) is 1.55. The molecule has 0 radical (unpaired) electrons. The van der Waals surface area contributed by atoms with Gasteiger partial charge in [0.1, 0.15) is 5.60 Å². The van der Waals surface area contributed by atoms with Crippen molar-refractivity contribution < 1.29 is 4.74 Å². The molecule has 0 spiro atoms. The quantitative estimate of drug-likeness (QED) is 0.704. The minimum absolute atomic E-state index is 0.218. The first-order valence-corrected chi connectivity index (χ1v) is 5.17. The summed E-state index contributed by atoms with van der Waals surface area (Å²) >= 11 is 5.76. The Morgan fingerprint density at radius 1 is 1.36 bits per heavy atom. The molecule has 1 aromatic rings. The fourth-order valence-corrected chi connectivity index (χ4v) is 1.30. The number of pyridine rings is 1. The maximum atomic E-state index is 5.76. The Hall–Kier alpha value is -0.760. The lowest BCUT2D eigenvalue weighted by molar-refractivity contribution is 0.124. The molecular formula is C11H16ClNO. The molecule has 0 amide bonds. The fraction of sp³-hybridized carbons (Fsp3) is 0.545. The average Bonchev–Trinajstić information content (AvgIpc) is 1.99. The molecule has 1 rings (SSSR count). The molecular weight excluding hydrogens is 198 g/mol. The van der Waals surface area contributed by atoms with Crippen LogP contribution in [0, 0.1) is 6.92 Å². The van der Waals surface area contributed by atoms with E-state index in [-0.39, 0.29) is 5.60 Å². The molecule has 14 heavy (non-hydrogen) atoms. The van der Waals surface area contributed by atoms with Gasteiger partial charge in [-0.3, -0.25) is 0 Å². The largest absolute Gasteiger partial charge is 0.472 e. The van der Waals surface area contributed by atoms with E-state index in [1.807, 2.05) is 39.8 Å². The van der Waals surface area contributed by atoms with Crippen LogP contribution < -0.4 is 4.74 Å². The van der Waals surface area contributed by atoms with Gasteiger partial charge in [-0.05, 0) is 39.3 Å². The van der Waals surface area contributed by atoms with E-state index in [0.717, 1.165) is 11.3 Å². The summed E-state index contributed by atoms with van der Waals surface area (Å²) in [5, 5.41) is 0. The first-order valence-electron chi connectivity index (χ1n) is 4.63. The number of aryl methyl sites for hydroxylation is 1. The van der Waals surface area contributed by atoms with Crippen molar-refractivity contribution in [1.82, 2.24) is 4.98 Å². The molecule has 0 aliphatic carbocycles. The van der Waals surface area contributed by atoms with Gasteiger partial charge in [-0.15, -0.1) is 11.6 Å². The number of aromatic nitrogens is 1. The van der Waals surface area contributed by atoms with Gasteiger partial charge in [-0.25, -0.2) is 4.98 Å². The molecule has 0 aromatic carbocycles. The Bertz CT molecular complexity index is 318. The minimum Gasteiger partial charge on any atom is -0.472 e. The lowest BCUT2D eigenvalue weighted by atomic mass is 10.2. The highest BCUT2D eigenvalue weighted by Crippen LogP contribution is 2.18. The lowest BCUT2D eigenvalue weighted by Crippen LogP contribution is -2.23. The van der Waals surface area contributed by atoms with Crippen molar-refractivity contribution in [1.29, 1.82) is 0 Å². The van der Waals surface area contributed by atoms with Crippen LogP contribution in [0.4, 0.5) is 0 Å². The molecule has 0 N–H and O–H groups in total. The van der Waals surface area contributed by atoms with Crippen molar-refractivity contribution >= 4 is 11.6 Å². The zero-order chi connectivity index (χ0) is 10.8. The number of hydrogen-bond acceptors (Lipinski definition) is 2. The summed E-state index contributed by atoms with van der Waals surface area (Å²) in [5.41, 5.74) is 1.76. The topological polar surface area (TPSA) is 22.1 Å². The van der Waals surface area contributed by atoms with Crippen LogP contribution in [0.15, 0.2) is 12.1 Å². The van der Waals surface area contributed by atoms with Crippen LogP contribution in [0.2, 0.25) is 0 Å². The Labute approximate surface area is 90.3 Å². The summed E-state index contributed by atoms with van der Waals surface area (Å²) in [6, 6.07) is 3.84. The second-order valence-corrected chi connectivity index (χ2v) is 4.57. The molecule has 0 fully saturated rings. The molecule has 0 bridgehead atoms. The molecule has 78 valence electrons. The second kappa shape index (κ2) is 4.18. The highest BCUT2D eigenvalue weighted by Gasteiger charge is 2.13. The summed E-state index contributed by atoms with van der Waals surface area (Å²) in [4.78, 5) is 4.29. The number of hydrogen-bond donors (Lipinski definition) is 0. The predicted octanol–water partition coefficient (Wildman–Crippen LogP) is 3.31. The SMILES string of the molecule is Cc1cc(CCl)cc(OC(C)(C)C)n1. The summed E-state index contributed by atoms with van der Waals surface area (Å²) in [6.45, 7) is 7.93. The number of ether oxygens (including phenoxy) is 1. The van der Waals surface area contributed by atoms with Gasteiger partial charge in [0, 0.05) is 17.6 Å². The highest BCUT2D eigenvalue weighted by atomic mass is 35.5. The van der Waals surface area contributed by atoms with Gasteiger partial charge in [0.05, 0.1) is 0 Å². The average molecular weight is 214 g/mol. The van der Waals surface area contributed by atoms with Gasteiger partial charge in [-0.1, -0.05) is 0 Å². The van der Waals surface area contributed by atoms with E-state index in [1.54, 1.807) is 0 Å². The van der Waals surface area contributed by atoms with Gasteiger partial charge < -0.3 is 4.74 Å². The van der Waals surface area contributed by atoms with Gasteiger partial charge in [0.15, 0.2) is 0 Å². The Kier molecular flexibility index (Phi) is 3.38. The molecule has 0 saturated carbocycles. The van der Waals surface area contributed by atoms with E-state index in [0.29, 0.717) is 11.8 Å². The van der Waals surface area contributed by atoms with E-state index in [9.17, 15) is 0 Å². The van der Waals surface area contributed by atoms with Gasteiger partial charge >= 0.3 is 0 Å². The third kappa shape index (κ3) is 3.54. The predicted molar refractivity (Wildman–Crippen MR) is 58.9 cm³/mol. The number of rotatable bonds is 2. The summed E-state index contributed by atoms with van der Waals surface area (Å²) in [5.74, 6) is 1.14. The van der Waals surface area contributed by atoms with Crippen LogP contribution >= 0.6 is 11.6 Å². The van der Waals surface area contributed by atoms with Crippen LogP contribution in [0.25, 0.3) is 0 Å².